The van der Waals surface area contributed by atoms with Crippen molar-refractivity contribution in [3.05, 3.63) is 40.9 Å². The largest absolute Gasteiger partial charge is 0.439 e. The normalized spacial score (nSPS) is 21.5. The first-order valence-corrected chi connectivity index (χ1v) is 9.54. The third-order valence-corrected chi connectivity index (χ3v) is 6.15. The molecule has 2 heterocycles. The Labute approximate surface area is 144 Å². The van der Waals surface area contributed by atoms with Crippen LogP contribution in [0.5, 0.6) is 0 Å². The molecule has 0 radical (unpaired) electrons. The molecule has 0 amide bonds. The molecule has 0 bridgehead atoms. The molecule has 1 aromatic heterocycles. The monoisotopic (exact) mass is 352 g/mol. The van der Waals surface area contributed by atoms with Crippen LogP contribution in [0.3, 0.4) is 0 Å². The van der Waals surface area contributed by atoms with Crippen LogP contribution in [0, 0.1) is 6.92 Å². The van der Waals surface area contributed by atoms with Crippen molar-refractivity contribution >= 4 is 22.4 Å². The van der Waals surface area contributed by atoms with Gasteiger partial charge in [0, 0.05) is 45.0 Å². The quantitative estimate of drug-likeness (QED) is 0.846. The summed E-state index contributed by atoms with van der Waals surface area (Å²) in [6.07, 6.45) is 0. The highest BCUT2D eigenvalue weighted by Gasteiger charge is 2.34. The molecule has 6 heteroatoms. The van der Waals surface area contributed by atoms with Crippen molar-refractivity contribution in [1.82, 2.24) is 9.88 Å². The van der Waals surface area contributed by atoms with E-state index in [0.29, 0.717) is 29.0 Å². The number of rotatable bonds is 3. The fraction of sp³-hybridized carbons (Fsp3) is 0.471. The molecule has 1 unspecified atom stereocenters. The molecule has 1 fully saturated rings. The molecular weight excluding hydrogens is 332 g/mol. The molecule has 3 rings (SSSR count). The van der Waals surface area contributed by atoms with E-state index in [1.165, 1.54) is 0 Å². The van der Waals surface area contributed by atoms with E-state index < -0.39 is 10.8 Å². The smallest absolute Gasteiger partial charge is 0.209 e. The zero-order valence-corrected chi connectivity index (χ0v) is 15.2. The summed E-state index contributed by atoms with van der Waals surface area (Å²) >= 11 is 5.94. The number of aryl methyl sites for hydroxylation is 1. The molecule has 124 valence electrons. The van der Waals surface area contributed by atoms with Gasteiger partial charge in [-0.3, -0.25) is 9.11 Å². The van der Waals surface area contributed by atoms with E-state index in [4.69, 9.17) is 16.0 Å². The number of aromatic nitrogens is 1. The van der Waals surface area contributed by atoms with Gasteiger partial charge in [0.15, 0.2) is 5.76 Å². The molecule has 1 atom stereocenters. The van der Waals surface area contributed by atoms with Crippen LogP contribution in [0.2, 0.25) is 5.02 Å². The number of hydrogen-bond donors (Lipinski definition) is 0. The van der Waals surface area contributed by atoms with Crippen LogP contribution in [0.4, 0.5) is 0 Å². The Balaban J connectivity index is 1.81. The summed E-state index contributed by atoms with van der Waals surface area (Å²) in [6.45, 7) is 7.64. The molecule has 1 aromatic carbocycles. The van der Waals surface area contributed by atoms with E-state index >= 15 is 0 Å². The van der Waals surface area contributed by atoms with Crippen molar-refractivity contribution in [1.29, 1.82) is 0 Å². The topological polar surface area (TPSA) is 46.3 Å². The summed E-state index contributed by atoms with van der Waals surface area (Å²) in [6, 6.07) is 7.57. The van der Waals surface area contributed by atoms with E-state index in [1.54, 1.807) is 0 Å². The molecular formula is C17H21ClN2O2S. The lowest BCUT2D eigenvalue weighted by molar-refractivity contribution is 0.121. The van der Waals surface area contributed by atoms with Crippen LogP contribution in [0.15, 0.2) is 28.7 Å². The van der Waals surface area contributed by atoms with E-state index in [-0.39, 0.29) is 5.54 Å². The van der Waals surface area contributed by atoms with Crippen molar-refractivity contribution in [3.63, 3.8) is 0 Å². The average Bonchev–Trinajstić information content (AvgIpc) is 2.83. The van der Waals surface area contributed by atoms with Gasteiger partial charge in [-0.15, -0.1) is 0 Å². The van der Waals surface area contributed by atoms with Gasteiger partial charge in [-0.25, -0.2) is 4.98 Å². The van der Waals surface area contributed by atoms with Gasteiger partial charge in [0.1, 0.15) is 0 Å². The lowest BCUT2D eigenvalue weighted by Gasteiger charge is -2.41. The average molecular weight is 353 g/mol. The number of benzene rings is 1. The molecule has 1 saturated heterocycles. The molecule has 0 N–H and O–H groups in total. The van der Waals surface area contributed by atoms with Crippen molar-refractivity contribution in [2.24, 2.45) is 0 Å². The molecule has 0 aliphatic carbocycles. The summed E-state index contributed by atoms with van der Waals surface area (Å²) in [5.74, 6) is 2.90. The van der Waals surface area contributed by atoms with Gasteiger partial charge in [-0.1, -0.05) is 11.6 Å². The summed E-state index contributed by atoms with van der Waals surface area (Å²) < 4.78 is 17.8. The molecule has 1 aliphatic heterocycles. The second-order valence-corrected chi connectivity index (χ2v) is 8.56. The summed E-state index contributed by atoms with van der Waals surface area (Å²) in [7, 11) is -0.725. The van der Waals surface area contributed by atoms with Gasteiger partial charge in [-0.05, 0) is 45.0 Å². The molecule has 23 heavy (non-hydrogen) atoms. The molecule has 0 saturated carbocycles. The first kappa shape index (κ1) is 16.7. The Hall–Kier alpha value is -1.17. The van der Waals surface area contributed by atoms with Gasteiger partial charge in [0.05, 0.1) is 12.2 Å². The number of halogens is 1. The van der Waals surface area contributed by atoms with Crippen molar-refractivity contribution in [2.75, 3.05) is 18.1 Å². The molecule has 4 nitrogen and oxygen atoms in total. The van der Waals surface area contributed by atoms with Crippen molar-refractivity contribution in [3.8, 4) is 11.3 Å². The Morgan fingerprint density at radius 3 is 2.70 bits per heavy atom. The van der Waals surface area contributed by atoms with Gasteiger partial charge >= 0.3 is 0 Å². The fourth-order valence-corrected chi connectivity index (χ4v) is 4.58. The SMILES string of the molecule is Cc1nc(CN2CCS(=O)CC2(C)C)oc1-c1ccc(Cl)cc1. The predicted molar refractivity (Wildman–Crippen MR) is 94.1 cm³/mol. The summed E-state index contributed by atoms with van der Waals surface area (Å²) in [5.41, 5.74) is 1.75. The maximum absolute atomic E-state index is 11.8. The third kappa shape index (κ3) is 3.67. The molecule has 0 spiro atoms. The fourth-order valence-electron chi connectivity index (χ4n) is 2.92. The van der Waals surface area contributed by atoms with Gasteiger partial charge < -0.3 is 4.42 Å². The van der Waals surface area contributed by atoms with Crippen LogP contribution in [0.1, 0.15) is 25.4 Å². The summed E-state index contributed by atoms with van der Waals surface area (Å²) in [4.78, 5) is 6.87. The Morgan fingerprint density at radius 1 is 1.35 bits per heavy atom. The van der Waals surface area contributed by atoms with Crippen LogP contribution in [-0.4, -0.2) is 37.7 Å². The maximum Gasteiger partial charge on any atom is 0.209 e. The minimum Gasteiger partial charge on any atom is -0.439 e. The van der Waals surface area contributed by atoms with Crippen LogP contribution in [-0.2, 0) is 17.3 Å². The van der Waals surface area contributed by atoms with Crippen molar-refractivity contribution in [2.45, 2.75) is 32.9 Å². The van der Waals surface area contributed by atoms with Gasteiger partial charge in [0.25, 0.3) is 0 Å². The maximum atomic E-state index is 11.8. The van der Waals surface area contributed by atoms with Crippen LogP contribution in [0.25, 0.3) is 11.3 Å². The van der Waals surface area contributed by atoms with Gasteiger partial charge in [0.2, 0.25) is 5.89 Å². The number of nitrogens with zero attached hydrogens (tertiary/aromatic N) is 2. The predicted octanol–water partition coefficient (Wildman–Crippen LogP) is 3.65. The first-order valence-electron chi connectivity index (χ1n) is 7.67. The zero-order chi connectivity index (χ0) is 16.6. The summed E-state index contributed by atoms with van der Waals surface area (Å²) in [5, 5.41) is 0.703. The minimum atomic E-state index is -0.725. The first-order chi connectivity index (χ1) is 10.8. The Morgan fingerprint density at radius 2 is 2.04 bits per heavy atom. The number of hydrogen-bond acceptors (Lipinski definition) is 4. The molecule has 1 aliphatic rings. The van der Waals surface area contributed by atoms with E-state index in [0.717, 1.165) is 23.6 Å². The molecule has 2 aromatic rings. The minimum absolute atomic E-state index is 0.105. The van der Waals surface area contributed by atoms with Crippen molar-refractivity contribution < 1.29 is 8.63 Å². The highest BCUT2D eigenvalue weighted by atomic mass is 35.5. The van der Waals surface area contributed by atoms with E-state index in [2.05, 4.69) is 23.7 Å². The second kappa shape index (κ2) is 6.38. The lowest BCUT2D eigenvalue weighted by Crippen LogP contribution is -2.53. The zero-order valence-electron chi connectivity index (χ0n) is 13.6. The van der Waals surface area contributed by atoms with E-state index in [9.17, 15) is 4.21 Å². The number of oxazole rings is 1. The second-order valence-electron chi connectivity index (χ2n) is 6.55. The standard InChI is InChI=1S/C17H21ClN2O2S/c1-12-16(13-4-6-14(18)7-5-13)22-15(19-12)10-20-8-9-23(21)11-17(20,2)3/h4-7H,8-11H2,1-3H3. The van der Waals surface area contributed by atoms with E-state index in [1.807, 2.05) is 31.2 Å². The highest BCUT2D eigenvalue weighted by molar-refractivity contribution is 7.85. The van der Waals surface area contributed by atoms with Crippen LogP contribution >= 0.6 is 11.6 Å². The van der Waals surface area contributed by atoms with Crippen LogP contribution < -0.4 is 0 Å². The third-order valence-electron chi connectivity index (χ3n) is 4.23. The highest BCUT2D eigenvalue weighted by Crippen LogP contribution is 2.28. The lowest BCUT2D eigenvalue weighted by atomic mass is 10.1. The van der Waals surface area contributed by atoms with Gasteiger partial charge in [-0.2, -0.15) is 0 Å². The Bertz CT molecular complexity index is 725. The Kier molecular flexibility index (Phi) is 4.63.